The van der Waals surface area contributed by atoms with Crippen LogP contribution in [0.2, 0.25) is 0 Å². The molecule has 0 radical (unpaired) electrons. The minimum absolute atomic E-state index is 0. The van der Waals surface area contributed by atoms with Crippen LogP contribution in [-0.4, -0.2) is 49.7 Å². The van der Waals surface area contributed by atoms with Gasteiger partial charge in [0, 0.05) is 37.5 Å². The van der Waals surface area contributed by atoms with Gasteiger partial charge >= 0.3 is 0 Å². The molecule has 0 amide bonds. The molecule has 1 aromatic rings. The van der Waals surface area contributed by atoms with Crippen LogP contribution < -0.4 is 15.5 Å². The van der Waals surface area contributed by atoms with E-state index in [4.69, 9.17) is 0 Å². The van der Waals surface area contributed by atoms with E-state index in [0.29, 0.717) is 6.04 Å². The van der Waals surface area contributed by atoms with Crippen LogP contribution >= 0.6 is 47.1 Å². The molecule has 132 valence electrons. The molecule has 0 bridgehead atoms. The highest BCUT2D eigenvalue weighted by Crippen LogP contribution is 2.24. The van der Waals surface area contributed by atoms with Crippen molar-refractivity contribution < 1.29 is 0 Å². The number of guanidine groups is 1. The van der Waals surface area contributed by atoms with Crippen molar-refractivity contribution in [3.8, 4) is 0 Å². The zero-order chi connectivity index (χ0) is 16.0. The van der Waals surface area contributed by atoms with Crippen LogP contribution in [0, 0.1) is 0 Å². The predicted molar refractivity (Wildman–Crippen MR) is 117 cm³/mol. The van der Waals surface area contributed by atoms with E-state index < -0.39 is 0 Å². The Kier molecular flexibility index (Phi) is 9.07. The fourth-order valence-electron chi connectivity index (χ4n) is 2.45. The smallest absolute Gasteiger partial charge is 0.191 e. The van der Waals surface area contributed by atoms with Gasteiger partial charge in [0.1, 0.15) is 0 Å². The van der Waals surface area contributed by atoms with Crippen LogP contribution in [0.5, 0.6) is 0 Å². The molecule has 0 unspecified atom stereocenters. The minimum atomic E-state index is 0. The highest BCUT2D eigenvalue weighted by molar-refractivity contribution is 14.0. The van der Waals surface area contributed by atoms with Gasteiger partial charge in [-0.1, -0.05) is 0 Å². The molecule has 1 aliphatic heterocycles. The number of aliphatic imine (C=N–C) groups is 1. The molecule has 0 atom stereocenters. The van der Waals surface area contributed by atoms with Gasteiger partial charge in [-0.3, -0.25) is 4.99 Å². The van der Waals surface area contributed by atoms with Gasteiger partial charge in [-0.05, 0) is 50.5 Å². The van der Waals surface area contributed by atoms with Gasteiger partial charge in [0.15, 0.2) is 5.96 Å². The lowest BCUT2D eigenvalue weighted by Gasteiger charge is -2.34. The summed E-state index contributed by atoms with van der Waals surface area (Å²) in [5.41, 5.74) is 0. The third-order valence-electron chi connectivity index (χ3n) is 4.11. The van der Waals surface area contributed by atoms with Gasteiger partial charge in [0.05, 0.1) is 5.00 Å². The van der Waals surface area contributed by atoms with Crippen molar-refractivity contribution in [3.05, 3.63) is 17.5 Å². The zero-order valence-electron chi connectivity index (χ0n) is 14.5. The van der Waals surface area contributed by atoms with Gasteiger partial charge in [-0.25, -0.2) is 0 Å². The highest BCUT2D eigenvalue weighted by atomic mass is 127. The van der Waals surface area contributed by atoms with Crippen LogP contribution in [0.3, 0.4) is 0 Å². The summed E-state index contributed by atoms with van der Waals surface area (Å²) < 4.78 is 0.222. The van der Waals surface area contributed by atoms with Crippen molar-refractivity contribution >= 4 is 58.0 Å². The van der Waals surface area contributed by atoms with E-state index in [-0.39, 0.29) is 28.7 Å². The summed E-state index contributed by atoms with van der Waals surface area (Å²) in [5, 5.41) is 10.6. The maximum absolute atomic E-state index is 4.36. The molecule has 0 aliphatic carbocycles. The number of hydrogen-bond donors (Lipinski definition) is 2. The van der Waals surface area contributed by atoms with E-state index >= 15 is 0 Å². The molecule has 1 fully saturated rings. The molecule has 0 aromatic carbocycles. The molecule has 7 heteroatoms. The minimum Gasteiger partial charge on any atom is -0.363 e. The van der Waals surface area contributed by atoms with Crippen molar-refractivity contribution in [1.82, 2.24) is 10.6 Å². The first-order chi connectivity index (χ1) is 10.5. The summed E-state index contributed by atoms with van der Waals surface area (Å²) in [4.78, 5) is 6.84. The Morgan fingerprint density at radius 3 is 2.65 bits per heavy atom. The van der Waals surface area contributed by atoms with E-state index in [9.17, 15) is 0 Å². The maximum Gasteiger partial charge on any atom is 0.191 e. The quantitative estimate of drug-likeness (QED) is 0.393. The van der Waals surface area contributed by atoms with Crippen LogP contribution in [0.25, 0.3) is 0 Å². The number of hydrogen-bond acceptors (Lipinski definition) is 4. The van der Waals surface area contributed by atoms with Crippen molar-refractivity contribution in [3.63, 3.8) is 0 Å². The Morgan fingerprint density at radius 1 is 1.43 bits per heavy atom. The van der Waals surface area contributed by atoms with Crippen LogP contribution in [0.1, 0.15) is 26.7 Å². The number of nitrogens with zero attached hydrogens (tertiary/aromatic N) is 2. The maximum atomic E-state index is 4.36. The van der Waals surface area contributed by atoms with E-state index in [1.165, 1.54) is 5.00 Å². The highest BCUT2D eigenvalue weighted by Gasteiger charge is 2.21. The first kappa shape index (κ1) is 20.9. The molecule has 0 saturated carbocycles. The molecule has 2 rings (SSSR count). The van der Waals surface area contributed by atoms with E-state index in [2.05, 4.69) is 58.1 Å². The van der Waals surface area contributed by atoms with Gasteiger partial charge in [0.2, 0.25) is 0 Å². The summed E-state index contributed by atoms with van der Waals surface area (Å²) >= 11 is 3.70. The summed E-state index contributed by atoms with van der Waals surface area (Å²) in [5.74, 6) is 0.927. The number of halogens is 1. The Labute approximate surface area is 165 Å². The zero-order valence-corrected chi connectivity index (χ0v) is 18.4. The Balaban J connectivity index is 0.00000264. The number of nitrogens with one attached hydrogen (secondary N) is 2. The SMILES string of the molecule is CN=C(NCC(C)(C)SC)NC1CCN(c2cccs2)CC1.I. The third-order valence-corrected chi connectivity index (χ3v) is 6.29. The van der Waals surface area contributed by atoms with Gasteiger partial charge in [-0.2, -0.15) is 11.8 Å². The molecule has 1 aliphatic rings. The topological polar surface area (TPSA) is 39.7 Å². The number of thioether (sulfide) groups is 1. The molecular formula is C16H29IN4S2. The fraction of sp³-hybridized carbons (Fsp3) is 0.688. The molecule has 23 heavy (non-hydrogen) atoms. The number of piperidine rings is 1. The van der Waals surface area contributed by atoms with Gasteiger partial charge in [0.25, 0.3) is 0 Å². The number of thiophene rings is 1. The Hall–Kier alpha value is -0.150. The average Bonchev–Trinajstić information content (AvgIpc) is 3.06. The first-order valence-corrected chi connectivity index (χ1v) is 9.95. The van der Waals surface area contributed by atoms with Crippen molar-refractivity contribution in [2.45, 2.75) is 37.5 Å². The lowest BCUT2D eigenvalue weighted by atomic mass is 10.1. The average molecular weight is 468 g/mol. The molecule has 1 aromatic heterocycles. The monoisotopic (exact) mass is 468 g/mol. The molecule has 4 nitrogen and oxygen atoms in total. The largest absolute Gasteiger partial charge is 0.363 e. The fourth-order valence-corrected chi connectivity index (χ4v) is 3.45. The van der Waals surface area contributed by atoms with Crippen molar-refractivity contribution in [2.24, 2.45) is 4.99 Å². The lowest BCUT2D eigenvalue weighted by molar-refractivity contribution is 0.461. The Morgan fingerprint density at radius 2 is 2.13 bits per heavy atom. The van der Waals surface area contributed by atoms with Gasteiger partial charge in [-0.15, -0.1) is 35.3 Å². The summed E-state index contributed by atoms with van der Waals surface area (Å²) in [7, 11) is 1.85. The second-order valence-electron chi connectivity index (χ2n) is 6.25. The third kappa shape index (κ3) is 6.70. The normalized spacial score (nSPS) is 16.9. The van der Waals surface area contributed by atoms with Gasteiger partial charge < -0.3 is 15.5 Å². The first-order valence-electron chi connectivity index (χ1n) is 7.85. The Bertz CT molecular complexity index is 468. The molecule has 1 saturated heterocycles. The van der Waals surface area contributed by atoms with E-state index in [0.717, 1.165) is 38.4 Å². The molecule has 0 spiro atoms. The number of anilines is 1. The molecule has 2 heterocycles. The van der Waals surface area contributed by atoms with Crippen LogP contribution in [0.15, 0.2) is 22.5 Å². The van der Waals surface area contributed by atoms with Crippen LogP contribution in [-0.2, 0) is 0 Å². The second-order valence-corrected chi connectivity index (χ2v) is 8.69. The number of rotatable bonds is 5. The van der Waals surface area contributed by atoms with Crippen molar-refractivity contribution in [1.29, 1.82) is 0 Å². The van der Waals surface area contributed by atoms with Crippen molar-refractivity contribution in [2.75, 3.05) is 37.8 Å². The standard InChI is InChI=1S/C16H28N4S2.HI/c1-16(2,21-4)12-18-15(17-3)19-13-7-9-20(10-8-13)14-6-5-11-22-14;/h5-6,11,13H,7-10,12H2,1-4H3,(H2,17,18,19);1H. The van der Waals surface area contributed by atoms with E-state index in [1.54, 1.807) is 0 Å². The van der Waals surface area contributed by atoms with Crippen LogP contribution in [0.4, 0.5) is 5.00 Å². The predicted octanol–water partition coefficient (Wildman–Crippen LogP) is 3.64. The summed E-state index contributed by atoms with van der Waals surface area (Å²) in [6, 6.07) is 4.85. The molecule has 2 N–H and O–H groups in total. The molecular weight excluding hydrogens is 439 g/mol. The summed E-state index contributed by atoms with van der Waals surface area (Å²) in [6.45, 7) is 7.65. The second kappa shape index (κ2) is 9.98. The lowest BCUT2D eigenvalue weighted by Crippen LogP contribution is -2.50. The summed E-state index contributed by atoms with van der Waals surface area (Å²) in [6.07, 6.45) is 4.47. The van der Waals surface area contributed by atoms with E-state index in [1.807, 2.05) is 30.1 Å².